The lowest BCUT2D eigenvalue weighted by Crippen LogP contribution is -2.31. The Morgan fingerprint density at radius 1 is 1.38 bits per heavy atom. The van der Waals surface area contributed by atoms with Crippen molar-refractivity contribution in [1.82, 2.24) is 10.6 Å². The average molecular weight is 184 g/mol. The second kappa shape index (κ2) is 6.66. The highest BCUT2D eigenvalue weighted by atomic mass is 16.1. The third-order valence-corrected chi connectivity index (χ3v) is 1.60. The van der Waals surface area contributed by atoms with Gasteiger partial charge >= 0.3 is 0 Å². The summed E-state index contributed by atoms with van der Waals surface area (Å²) in [5, 5.41) is 5.91. The Morgan fingerprint density at radius 2 is 2.00 bits per heavy atom. The van der Waals surface area contributed by atoms with E-state index in [-0.39, 0.29) is 5.91 Å². The van der Waals surface area contributed by atoms with E-state index in [0.717, 1.165) is 18.7 Å². The first-order valence-corrected chi connectivity index (χ1v) is 4.63. The van der Waals surface area contributed by atoms with Crippen LogP contribution in [0, 0.1) is 5.92 Å². The van der Waals surface area contributed by atoms with Crippen LogP contribution in [0.25, 0.3) is 0 Å². The molecule has 0 radical (unpaired) electrons. The van der Waals surface area contributed by atoms with Crippen molar-refractivity contribution in [2.24, 2.45) is 5.92 Å². The molecule has 76 valence electrons. The summed E-state index contributed by atoms with van der Waals surface area (Å²) in [7, 11) is 1.91. The number of rotatable bonds is 5. The highest BCUT2D eigenvalue weighted by Crippen LogP contribution is 1.91. The van der Waals surface area contributed by atoms with Gasteiger partial charge in [0.05, 0.1) is 0 Å². The van der Waals surface area contributed by atoms with Gasteiger partial charge in [-0.05, 0) is 33.4 Å². The third-order valence-electron chi connectivity index (χ3n) is 1.60. The fourth-order valence-corrected chi connectivity index (χ4v) is 1.01. The van der Waals surface area contributed by atoms with E-state index in [1.807, 2.05) is 20.9 Å². The van der Waals surface area contributed by atoms with Gasteiger partial charge in [0.15, 0.2) is 0 Å². The maximum atomic E-state index is 11.2. The van der Waals surface area contributed by atoms with Gasteiger partial charge in [-0.1, -0.05) is 12.5 Å². The predicted molar refractivity (Wildman–Crippen MR) is 55.5 cm³/mol. The molecule has 0 aromatic carbocycles. The minimum atomic E-state index is 0.00273. The first-order valence-electron chi connectivity index (χ1n) is 4.63. The van der Waals surface area contributed by atoms with Crippen molar-refractivity contribution < 1.29 is 4.79 Å². The SMILES string of the molecule is CNCC(C)CNC(=O)C=C(C)C. The van der Waals surface area contributed by atoms with Crippen LogP contribution in [-0.2, 0) is 4.79 Å². The van der Waals surface area contributed by atoms with E-state index in [2.05, 4.69) is 17.6 Å². The second-order valence-corrected chi connectivity index (χ2v) is 3.63. The van der Waals surface area contributed by atoms with Crippen LogP contribution in [0.3, 0.4) is 0 Å². The number of amides is 1. The van der Waals surface area contributed by atoms with Gasteiger partial charge in [-0.15, -0.1) is 0 Å². The van der Waals surface area contributed by atoms with E-state index in [4.69, 9.17) is 0 Å². The standard InChI is InChI=1S/C10H20N2O/c1-8(2)5-10(13)12-7-9(3)6-11-4/h5,9,11H,6-7H2,1-4H3,(H,12,13). The van der Waals surface area contributed by atoms with Crippen LogP contribution in [0.1, 0.15) is 20.8 Å². The number of hydrogen-bond donors (Lipinski definition) is 2. The van der Waals surface area contributed by atoms with Crippen LogP contribution >= 0.6 is 0 Å². The van der Waals surface area contributed by atoms with Crippen molar-refractivity contribution in [3.63, 3.8) is 0 Å². The Hall–Kier alpha value is -0.830. The molecule has 13 heavy (non-hydrogen) atoms. The Morgan fingerprint density at radius 3 is 2.46 bits per heavy atom. The first-order chi connectivity index (χ1) is 6.06. The van der Waals surface area contributed by atoms with E-state index in [9.17, 15) is 4.79 Å². The molecule has 0 aliphatic rings. The lowest BCUT2D eigenvalue weighted by atomic mass is 10.2. The summed E-state index contributed by atoms with van der Waals surface area (Å²) in [6, 6.07) is 0. The second-order valence-electron chi connectivity index (χ2n) is 3.63. The zero-order valence-corrected chi connectivity index (χ0v) is 8.98. The van der Waals surface area contributed by atoms with E-state index in [1.54, 1.807) is 6.08 Å². The number of carbonyl (C=O) groups excluding carboxylic acids is 1. The normalized spacial score (nSPS) is 12.0. The van der Waals surface area contributed by atoms with Gasteiger partial charge < -0.3 is 10.6 Å². The van der Waals surface area contributed by atoms with Gasteiger partial charge in [0, 0.05) is 12.6 Å². The van der Waals surface area contributed by atoms with Crippen molar-refractivity contribution in [2.75, 3.05) is 20.1 Å². The minimum absolute atomic E-state index is 0.00273. The fourth-order valence-electron chi connectivity index (χ4n) is 1.01. The summed E-state index contributed by atoms with van der Waals surface area (Å²) in [6.45, 7) is 7.57. The Balaban J connectivity index is 3.64. The molecule has 0 saturated carbocycles. The third kappa shape index (κ3) is 7.53. The van der Waals surface area contributed by atoms with Gasteiger partial charge in [-0.25, -0.2) is 0 Å². The van der Waals surface area contributed by atoms with Gasteiger partial charge in [-0.2, -0.15) is 0 Å². The molecule has 0 saturated heterocycles. The van der Waals surface area contributed by atoms with Crippen LogP contribution in [0.2, 0.25) is 0 Å². The number of allylic oxidation sites excluding steroid dienone is 1. The number of hydrogen-bond acceptors (Lipinski definition) is 2. The Kier molecular flexibility index (Phi) is 6.24. The molecule has 1 unspecified atom stereocenters. The summed E-state index contributed by atoms with van der Waals surface area (Å²) < 4.78 is 0. The van der Waals surface area contributed by atoms with Crippen LogP contribution < -0.4 is 10.6 Å². The number of carbonyl (C=O) groups is 1. The van der Waals surface area contributed by atoms with Crippen LogP contribution in [0.5, 0.6) is 0 Å². The summed E-state index contributed by atoms with van der Waals surface area (Å²) in [5.41, 5.74) is 1.03. The van der Waals surface area contributed by atoms with Crippen molar-refractivity contribution >= 4 is 5.91 Å². The minimum Gasteiger partial charge on any atom is -0.352 e. The molecular weight excluding hydrogens is 164 g/mol. The molecule has 0 spiro atoms. The molecular formula is C10H20N2O. The molecule has 0 rings (SSSR count). The molecule has 3 heteroatoms. The molecule has 1 amide bonds. The molecule has 0 heterocycles. The van der Waals surface area contributed by atoms with E-state index in [0.29, 0.717) is 5.92 Å². The Bertz CT molecular complexity index is 183. The molecule has 2 N–H and O–H groups in total. The lowest BCUT2D eigenvalue weighted by Gasteiger charge is -2.10. The van der Waals surface area contributed by atoms with Gasteiger partial charge in [0.1, 0.15) is 0 Å². The lowest BCUT2D eigenvalue weighted by molar-refractivity contribution is -0.116. The van der Waals surface area contributed by atoms with E-state index >= 15 is 0 Å². The van der Waals surface area contributed by atoms with Crippen LogP contribution in [0.4, 0.5) is 0 Å². The maximum absolute atomic E-state index is 11.2. The van der Waals surface area contributed by atoms with Crippen molar-refractivity contribution in [1.29, 1.82) is 0 Å². The van der Waals surface area contributed by atoms with Gasteiger partial charge in [-0.3, -0.25) is 4.79 Å². The van der Waals surface area contributed by atoms with Crippen LogP contribution in [0.15, 0.2) is 11.6 Å². The van der Waals surface area contributed by atoms with Crippen molar-refractivity contribution in [3.05, 3.63) is 11.6 Å². The zero-order chi connectivity index (χ0) is 10.3. The molecule has 0 aliphatic heterocycles. The highest BCUT2D eigenvalue weighted by Gasteiger charge is 2.01. The van der Waals surface area contributed by atoms with Crippen molar-refractivity contribution in [3.8, 4) is 0 Å². The number of nitrogens with one attached hydrogen (secondary N) is 2. The topological polar surface area (TPSA) is 41.1 Å². The molecule has 1 atom stereocenters. The van der Waals surface area contributed by atoms with Gasteiger partial charge in [0.25, 0.3) is 0 Å². The Labute approximate surface area is 80.6 Å². The predicted octanol–water partition coefficient (Wildman–Crippen LogP) is 0.924. The van der Waals surface area contributed by atoms with Gasteiger partial charge in [0.2, 0.25) is 5.91 Å². The summed E-state index contributed by atoms with van der Waals surface area (Å²) in [5.74, 6) is 0.475. The molecule has 0 aromatic heterocycles. The maximum Gasteiger partial charge on any atom is 0.243 e. The molecule has 0 bridgehead atoms. The smallest absolute Gasteiger partial charge is 0.243 e. The zero-order valence-electron chi connectivity index (χ0n) is 8.98. The first kappa shape index (κ1) is 12.2. The molecule has 0 aromatic rings. The van der Waals surface area contributed by atoms with Crippen molar-refractivity contribution in [2.45, 2.75) is 20.8 Å². The van der Waals surface area contributed by atoms with E-state index < -0.39 is 0 Å². The van der Waals surface area contributed by atoms with Crippen LogP contribution in [-0.4, -0.2) is 26.0 Å². The average Bonchev–Trinajstić information content (AvgIpc) is 2.00. The molecule has 3 nitrogen and oxygen atoms in total. The monoisotopic (exact) mass is 184 g/mol. The largest absolute Gasteiger partial charge is 0.352 e. The summed E-state index contributed by atoms with van der Waals surface area (Å²) in [6.07, 6.45) is 1.62. The molecule has 0 fully saturated rings. The highest BCUT2D eigenvalue weighted by molar-refractivity contribution is 5.87. The quantitative estimate of drug-likeness (QED) is 0.624. The summed E-state index contributed by atoms with van der Waals surface area (Å²) >= 11 is 0. The van der Waals surface area contributed by atoms with E-state index in [1.165, 1.54) is 0 Å². The summed E-state index contributed by atoms with van der Waals surface area (Å²) in [4.78, 5) is 11.2. The fraction of sp³-hybridized carbons (Fsp3) is 0.700. The molecule has 0 aliphatic carbocycles.